The molecule has 2 aromatic rings. The number of hydrogen-bond donors (Lipinski definition) is 1. The molecule has 0 fully saturated rings. The first kappa shape index (κ1) is 31.6. The van der Waals surface area contributed by atoms with Crippen LogP contribution in [0.2, 0.25) is 20.1 Å². The highest BCUT2D eigenvalue weighted by Gasteiger charge is 2.47. The lowest BCUT2D eigenvalue weighted by Gasteiger charge is -2.25. The second-order valence-corrected chi connectivity index (χ2v) is 12.5. The molecule has 14 heteroatoms. The van der Waals surface area contributed by atoms with E-state index in [0.29, 0.717) is 21.9 Å². The largest absolute Gasteiger partial charge is 0.462 e. The van der Waals surface area contributed by atoms with Crippen LogP contribution in [0.3, 0.4) is 0 Å². The highest BCUT2D eigenvalue weighted by atomic mass is 35.5. The van der Waals surface area contributed by atoms with E-state index in [2.05, 4.69) is 5.32 Å². The van der Waals surface area contributed by atoms with Gasteiger partial charge in [-0.15, -0.1) is 11.3 Å². The molecule has 9 nitrogen and oxygen atoms in total. The van der Waals surface area contributed by atoms with E-state index in [1.807, 2.05) is 0 Å². The van der Waals surface area contributed by atoms with Gasteiger partial charge in [0.1, 0.15) is 11.0 Å². The number of carbonyl (C=O) groups excluding carboxylic acids is 5. The summed E-state index contributed by atoms with van der Waals surface area (Å²) < 4.78 is 10.5. The third-order valence-electron chi connectivity index (χ3n) is 6.66. The van der Waals surface area contributed by atoms with Crippen molar-refractivity contribution in [3.8, 4) is 0 Å². The van der Waals surface area contributed by atoms with Gasteiger partial charge in [-0.2, -0.15) is 0 Å². The summed E-state index contributed by atoms with van der Waals surface area (Å²) in [4.78, 5) is 67.2. The SMILES string of the molecule is CCOC(=O)c1c(NC(=O)COC(=O)[C@@H](CC(C)C)N2C(=O)c3c(Cl)c(Cl)c(Cl)c(Cl)c3C2=O)sc2c1CCCC2. The van der Waals surface area contributed by atoms with Crippen LogP contribution >= 0.6 is 57.7 Å². The Balaban J connectivity index is 1.53. The van der Waals surface area contributed by atoms with Crippen molar-refractivity contribution in [3.05, 3.63) is 47.2 Å². The second kappa shape index (κ2) is 12.9. The highest BCUT2D eigenvalue weighted by molar-refractivity contribution is 7.17. The molecule has 0 spiro atoms. The number of benzene rings is 1. The predicted molar refractivity (Wildman–Crippen MR) is 157 cm³/mol. The fourth-order valence-electron chi connectivity index (χ4n) is 4.87. The van der Waals surface area contributed by atoms with Crippen LogP contribution in [0.15, 0.2) is 0 Å². The second-order valence-electron chi connectivity index (χ2n) is 9.92. The predicted octanol–water partition coefficient (Wildman–Crippen LogP) is 6.61. The number of ether oxygens (including phenoxy) is 2. The standard InChI is InChI=1S/C27H26Cl4N2O7S/c1-4-39-27(38)16-12-7-5-6-8-14(12)41-23(16)32-15(34)10-40-26(37)13(9-11(2)3)33-24(35)17-18(25(33)36)20(29)22(31)21(30)19(17)28/h11,13H,4-10H2,1-3H3,(H,32,34)/t13-/m1/s1. The minimum absolute atomic E-state index is 0.0350. The van der Waals surface area contributed by atoms with Gasteiger partial charge in [-0.25, -0.2) is 9.59 Å². The quantitative estimate of drug-likeness (QED) is 0.139. The van der Waals surface area contributed by atoms with Gasteiger partial charge in [0.25, 0.3) is 17.7 Å². The fourth-order valence-corrected chi connectivity index (χ4v) is 7.18. The zero-order chi connectivity index (χ0) is 30.2. The number of carbonyl (C=O) groups is 5. The Kier molecular flexibility index (Phi) is 9.91. The molecule has 0 saturated heterocycles. The topological polar surface area (TPSA) is 119 Å². The first-order valence-electron chi connectivity index (χ1n) is 12.9. The number of amides is 3. The molecule has 1 atom stereocenters. The summed E-state index contributed by atoms with van der Waals surface area (Å²) in [5, 5.41) is 2.07. The van der Waals surface area contributed by atoms with Gasteiger partial charge in [0.15, 0.2) is 6.61 Å². The Morgan fingerprint density at radius 1 is 0.927 bits per heavy atom. The first-order chi connectivity index (χ1) is 19.4. The third kappa shape index (κ3) is 6.08. The number of nitrogens with one attached hydrogen (secondary N) is 1. The van der Waals surface area contributed by atoms with Gasteiger partial charge in [0, 0.05) is 4.88 Å². The number of fused-ring (bicyclic) bond motifs is 2. The molecule has 2 aliphatic rings. The molecular weight excluding hydrogens is 638 g/mol. The number of nitrogens with zero attached hydrogens (tertiary/aromatic N) is 1. The lowest BCUT2D eigenvalue weighted by molar-refractivity contribution is -0.151. The van der Waals surface area contributed by atoms with E-state index in [1.54, 1.807) is 20.8 Å². The number of anilines is 1. The Bertz CT molecular complexity index is 1410. The van der Waals surface area contributed by atoms with Crippen molar-refractivity contribution in [1.29, 1.82) is 0 Å². The number of rotatable bonds is 9. The summed E-state index contributed by atoms with van der Waals surface area (Å²) in [6.45, 7) is 4.73. The van der Waals surface area contributed by atoms with Gasteiger partial charge in [-0.3, -0.25) is 19.3 Å². The van der Waals surface area contributed by atoms with E-state index in [0.717, 1.165) is 29.7 Å². The average molecular weight is 664 g/mol. The smallest absolute Gasteiger partial charge is 0.341 e. The molecule has 1 aromatic heterocycles. The van der Waals surface area contributed by atoms with E-state index in [4.69, 9.17) is 55.9 Å². The summed E-state index contributed by atoms with van der Waals surface area (Å²) in [5.74, 6) is -4.13. The summed E-state index contributed by atoms with van der Waals surface area (Å²) in [7, 11) is 0. The average Bonchev–Trinajstić information content (AvgIpc) is 3.41. The Morgan fingerprint density at radius 2 is 1.51 bits per heavy atom. The van der Waals surface area contributed by atoms with Crippen LogP contribution in [0.5, 0.6) is 0 Å². The van der Waals surface area contributed by atoms with Crippen LogP contribution in [-0.4, -0.2) is 53.8 Å². The van der Waals surface area contributed by atoms with Gasteiger partial charge in [0.2, 0.25) is 0 Å². The van der Waals surface area contributed by atoms with Crippen LogP contribution in [-0.2, 0) is 31.9 Å². The van der Waals surface area contributed by atoms with Gasteiger partial charge in [0.05, 0.1) is 43.4 Å². The number of imide groups is 1. The van der Waals surface area contributed by atoms with E-state index in [9.17, 15) is 24.0 Å². The molecule has 1 N–H and O–H groups in total. The Labute approximate surface area is 260 Å². The number of aryl methyl sites for hydroxylation is 1. The van der Waals surface area contributed by atoms with Gasteiger partial charge >= 0.3 is 11.9 Å². The van der Waals surface area contributed by atoms with Crippen molar-refractivity contribution in [2.45, 2.75) is 58.9 Å². The van der Waals surface area contributed by atoms with Crippen LogP contribution in [0, 0.1) is 5.92 Å². The minimum Gasteiger partial charge on any atom is -0.462 e. The number of thiophene rings is 1. The summed E-state index contributed by atoms with van der Waals surface area (Å²) in [6.07, 6.45) is 3.42. The maximum absolute atomic E-state index is 13.3. The van der Waals surface area contributed by atoms with E-state index in [-0.39, 0.29) is 50.2 Å². The minimum atomic E-state index is -1.39. The van der Waals surface area contributed by atoms with Gasteiger partial charge in [-0.1, -0.05) is 60.3 Å². The van der Waals surface area contributed by atoms with E-state index >= 15 is 0 Å². The summed E-state index contributed by atoms with van der Waals surface area (Å²) >= 11 is 25.9. The first-order valence-corrected chi connectivity index (χ1v) is 15.2. The highest BCUT2D eigenvalue weighted by Crippen LogP contribution is 2.45. The molecule has 4 rings (SSSR count). The summed E-state index contributed by atoms with van der Waals surface area (Å²) in [6, 6.07) is -1.39. The number of halogens is 4. The molecule has 1 aliphatic heterocycles. The maximum atomic E-state index is 13.3. The van der Waals surface area contributed by atoms with Crippen LogP contribution < -0.4 is 5.32 Å². The number of hydrogen-bond acceptors (Lipinski definition) is 8. The molecule has 0 radical (unpaired) electrons. The molecule has 0 saturated carbocycles. The molecule has 0 bridgehead atoms. The van der Waals surface area contributed by atoms with Crippen molar-refractivity contribution in [2.24, 2.45) is 5.92 Å². The van der Waals surface area contributed by atoms with Gasteiger partial charge < -0.3 is 14.8 Å². The molecule has 0 unspecified atom stereocenters. The molecular formula is C27H26Cl4N2O7S. The molecule has 3 amide bonds. The van der Waals surface area contributed by atoms with Gasteiger partial charge in [-0.05, 0) is 50.5 Å². The van der Waals surface area contributed by atoms with Crippen molar-refractivity contribution in [3.63, 3.8) is 0 Å². The molecule has 41 heavy (non-hydrogen) atoms. The van der Waals surface area contributed by atoms with Crippen LogP contribution in [0.1, 0.15) is 81.5 Å². The van der Waals surface area contributed by atoms with Crippen molar-refractivity contribution < 1.29 is 33.4 Å². The Morgan fingerprint density at radius 3 is 2.07 bits per heavy atom. The lowest BCUT2D eigenvalue weighted by atomic mass is 9.95. The maximum Gasteiger partial charge on any atom is 0.341 e. The molecule has 2 heterocycles. The zero-order valence-electron chi connectivity index (χ0n) is 22.3. The third-order valence-corrected chi connectivity index (χ3v) is 9.67. The van der Waals surface area contributed by atoms with Crippen molar-refractivity contribution in [1.82, 2.24) is 4.90 Å². The number of esters is 2. The van der Waals surface area contributed by atoms with Crippen molar-refractivity contribution in [2.75, 3.05) is 18.5 Å². The molecule has 220 valence electrons. The summed E-state index contributed by atoms with van der Waals surface area (Å²) in [5.41, 5.74) is 0.667. The molecule has 1 aromatic carbocycles. The Hall–Kier alpha value is -2.37. The van der Waals surface area contributed by atoms with E-state index in [1.165, 1.54) is 11.3 Å². The fraction of sp³-hybridized carbons (Fsp3) is 0.444. The lowest BCUT2D eigenvalue weighted by Crippen LogP contribution is -2.47. The van der Waals surface area contributed by atoms with Crippen LogP contribution in [0.4, 0.5) is 5.00 Å². The zero-order valence-corrected chi connectivity index (χ0v) is 26.2. The normalized spacial score (nSPS) is 15.1. The molecule has 1 aliphatic carbocycles. The van der Waals surface area contributed by atoms with Crippen molar-refractivity contribution >= 4 is 92.4 Å². The van der Waals surface area contributed by atoms with Crippen LogP contribution in [0.25, 0.3) is 0 Å². The van der Waals surface area contributed by atoms with E-state index < -0.39 is 42.3 Å². The monoisotopic (exact) mass is 662 g/mol.